The first-order valence-electron chi connectivity index (χ1n) is 5.08. The maximum absolute atomic E-state index is 9.93. The molecule has 0 aliphatic heterocycles. The summed E-state index contributed by atoms with van der Waals surface area (Å²) in [6.07, 6.45) is 0. The lowest BCUT2D eigenvalue weighted by Crippen LogP contribution is -1.93. The molecule has 2 heteroatoms. The van der Waals surface area contributed by atoms with E-state index in [2.05, 4.69) is 4.98 Å². The van der Waals surface area contributed by atoms with Gasteiger partial charge in [0.1, 0.15) is 5.75 Å². The third-order valence-electron chi connectivity index (χ3n) is 3.07. The van der Waals surface area contributed by atoms with Crippen LogP contribution in [0.25, 0.3) is 10.9 Å². The van der Waals surface area contributed by atoms with Crippen molar-refractivity contribution >= 4 is 10.9 Å². The molecule has 1 aromatic carbocycles. The first kappa shape index (κ1) is 9.97. The minimum atomic E-state index is 0.394. The number of rotatable bonds is 0. The Kier molecular flexibility index (Phi) is 2.14. The predicted molar refractivity (Wildman–Crippen MR) is 62.4 cm³/mol. The van der Waals surface area contributed by atoms with Crippen molar-refractivity contribution in [3.05, 3.63) is 34.5 Å². The summed E-state index contributed by atoms with van der Waals surface area (Å²) < 4.78 is 0. The Balaban J connectivity index is 3.00. The van der Waals surface area contributed by atoms with Crippen LogP contribution >= 0.6 is 0 Å². The van der Waals surface area contributed by atoms with Crippen LogP contribution in [0.1, 0.15) is 22.4 Å². The molecule has 0 amide bonds. The fourth-order valence-corrected chi connectivity index (χ4v) is 1.91. The summed E-state index contributed by atoms with van der Waals surface area (Å²) in [5.74, 6) is 0.394. The van der Waals surface area contributed by atoms with Gasteiger partial charge in [-0.1, -0.05) is 6.07 Å². The maximum atomic E-state index is 9.93. The normalized spacial score (nSPS) is 10.9. The number of aromatic hydroxyl groups is 1. The topological polar surface area (TPSA) is 33.1 Å². The van der Waals surface area contributed by atoms with E-state index in [0.29, 0.717) is 5.75 Å². The summed E-state index contributed by atoms with van der Waals surface area (Å²) in [6.45, 7) is 7.85. The molecule has 1 heterocycles. The molecule has 0 aliphatic rings. The van der Waals surface area contributed by atoms with Gasteiger partial charge in [-0.25, -0.2) is 0 Å². The number of hydrogen-bond donors (Lipinski definition) is 1. The number of phenolic OH excluding ortho intramolecular Hbond substituents is 1. The van der Waals surface area contributed by atoms with E-state index in [1.807, 2.05) is 39.8 Å². The SMILES string of the molecule is Cc1ccc2c(C)c(O)c(C)c(C)c2n1. The van der Waals surface area contributed by atoms with Crippen LogP contribution in [0.5, 0.6) is 5.75 Å². The third kappa shape index (κ3) is 1.37. The van der Waals surface area contributed by atoms with Gasteiger partial charge in [0.25, 0.3) is 0 Å². The van der Waals surface area contributed by atoms with Crippen molar-refractivity contribution in [1.82, 2.24) is 4.98 Å². The minimum Gasteiger partial charge on any atom is -0.507 e. The highest BCUT2D eigenvalue weighted by Gasteiger charge is 2.11. The van der Waals surface area contributed by atoms with Crippen LogP contribution in [0, 0.1) is 27.7 Å². The van der Waals surface area contributed by atoms with Gasteiger partial charge in [0.05, 0.1) is 5.52 Å². The van der Waals surface area contributed by atoms with Crippen LogP contribution in [-0.2, 0) is 0 Å². The molecule has 2 aromatic rings. The second kappa shape index (κ2) is 3.23. The number of phenols is 1. The van der Waals surface area contributed by atoms with Crippen molar-refractivity contribution < 1.29 is 5.11 Å². The molecule has 0 radical (unpaired) electrons. The van der Waals surface area contributed by atoms with E-state index in [4.69, 9.17) is 0 Å². The maximum Gasteiger partial charge on any atom is 0.122 e. The van der Waals surface area contributed by atoms with Crippen LogP contribution in [-0.4, -0.2) is 10.1 Å². The largest absolute Gasteiger partial charge is 0.507 e. The number of benzene rings is 1. The van der Waals surface area contributed by atoms with Gasteiger partial charge in [-0.2, -0.15) is 0 Å². The lowest BCUT2D eigenvalue weighted by Gasteiger charge is -2.11. The second-order valence-corrected chi connectivity index (χ2v) is 4.07. The average Bonchev–Trinajstić information content (AvgIpc) is 2.23. The molecule has 0 aliphatic carbocycles. The zero-order valence-corrected chi connectivity index (χ0v) is 9.55. The van der Waals surface area contributed by atoms with Gasteiger partial charge in [-0.15, -0.1) is 0 Å². The molecule has 0 saturated heterocycles. The fourth-order valence-electron chi connectivity index (χ4n) is 1.91. The van der Waals surface area contributed by atoms with Gasteiger partial charge in [-0.3, -0.25) is 4.98 Å². The molecule has 0 spiro atoms. The number of hydrogen-bond acceptors (Lipinski definition) is 2. The van der Waals surface area contributed by atoms with E-state index in [1.54, 1.807) is 0 Å². The lowest BCUT2D eigenvalue weighted by molar-refractivity contribution is 0.467. The highest BCUT2D eigenvalue weighted by atomic mass is 16.3. The number of aromatic nitrogens is 1. The average molecular weight is 201 g/mol. The highest BCUT2D eigenvalue weighted by molar-refractivity contribution is 5.88. The fraction of sp³-hybridized carbons (Fsp3) is 0.308. The molecule has 0 bridgehead atoms. The molecular weight excluding hydrogens is 186 g/mol. The smallest absolute Gasteiger partial charge is 0.122 e. The van der Waals surface area contributed by atoms with Gasteiger partial charge in [0.2, 0.25) is 0 Å². The Morgan fingerprint density at radius 2 is 1.60 bits per heavy atom. The van der Waals surface area contributed by atoms with Gasteiger partial charge in [0, 0.05) is 16.6 Å². The Labute approximate surface area is 89.6 Å². The molecular formula is C13H15NO. The van der Waals surface area contributed by atoms with Crippen LogP contribution in [0.15, 0.2) is 12.1 Å². The highest BCUT2D eigenvalue weighted by Crippen LogP contribution is 2.32. The lowest BCUT2D eigenvalue weighted by atomic mass is 9.99. The summed E-state index contributed by atoms with van der Waals surface area (Å²) in [5, 5.41) is 11.0. The second-order valence-electron chi connectivity index (χ2n) is 4.07. The number of nitrogens with zero attached hydrogens (tertiary/aromatic N) is 1. The third-order valence-corrected chi connectivity index (χ3v) is 3.07. The molecule has 78 valence electrons. The van der Waals surface area contributed by atoms with Gasteiger partial charge in [-0.05, 0) is 44.9 Å². The Hall–Kier alpha value is -1.57. The van der Waals surface area contributed by atoms with Crippen molar-refractivity contribution in [2.24, 2.45) is 0 Å². The van der Waals surface area contributed by atoms with Gasteiger partial charge < -0.3 is 5.11 Å². The summed E-state index contributed by atoms with van der Waals surface area (Å²) in [6, 6.07) is 4.00. The summed E-state index contributed by atoms with van der Waals surface area (Å²) >= 11 is 0. The molecule has 2 rings (SSSR count). The molecule has 1 aromatic heterocycles. The first-order valence-corrected chi connectivity index (χ1v) is 5.08. The van der Waals surface area contributed by atoms with Crippen molar-refractivity contribution in [1.29, 1.82) is 0 Å². The summed E-state index contributed by atoms with van der Waals surface area (Å²) in [5.41, 5.74) is 4.92. The molecule has 2 nitrogen and oxygen atoms in total. The monoisotopic (exact) mass is 201 g/mol. The van der Waals surface area contributed by atoms with Gasteiger partial charge in [0.15, 0.2) is 0 Å². The van der Waals surface area contributed by atoms with E-state index in [-0.39, 0.29) is 0 Å². The number of pyridine rings is 1. The Bertz CT molecular complexity index is 544. The molecule has 0 atom stereocenters. The molecule has 1 N–H and O–H groups in total. The number of fused-ring (bicyclic) bond motifs is 1. The first-order chi connectivity index (χ1) is 7.02. The van der Waals surface area contributed by atoms with Crippen molar-refractivity contribution in [2.75, 3.05) is 0 Å². The van der Waals surface area contributed by atoms with Crippen molar-refractivity contribution in [3.63, 3.8) is 0 Å². The zero-order valence-electron chi connectivity index (χ0n) is 9.55. The van der Waals surface area contributed by atoms with Gasteiger partial charge >= 0.3 is 0 Å². The van der Waals surface area contributed by atoms with Crippen LogP contribution < -0.4 is 0 Å². The van der Waals surface area contributed by atoms with E-state index >= 15 is 0 Å². The van der Waals surface area contributed by atoms with E-state index in [0.717, 1.165) is 33.3 Å². The van der Waals surface area contributed by atoms with Crippen LogP contribution in [0.4, 0.5) is 0 Å². The number of aryl methyl sites for hydroxylation is 3. The van der Waals surface area contributed by atoms with Crippen molar-refractivity contribution in [3.8, 4) is 5.75 Å². The quantitative estimate of drug-likeness (QED) is 0.710. The Morgan fingerprint density at radius 1 is 0.933 bits per heavy atom. The van der Waals surface area contributed by atoms with E-state index < -0.39 is 0 Å². The van der Waals surface area contributed by atoms with Crippen LogP contribution in [0.2, 0.25) is 0 Å². The van der Waals surface area contributed by atoms with Crippen molar-refractivity contribution in [2.45, 2.75) is 27.7 Å². The van der Waals surface area contributed by atoms with E-state index in [9.17, 15) is 5.11 Å². The standard InChI is InChI=1S/C13H15NO/c1-7-5-6-11-10(4)13(15)9(3)8(2)12(11)14-7/h5-6,15H,1-4H3. The molecule has 15 heavy (non-hydrogen) atoms. The summed E-state index contributed by atoms with van der Waals surface area (Å²) in [7, 11) is 0. The van der Waals surface area contributed by atoms with E-state index in [1.165, 1.54) is 0 Å². The van der Waals surface area contributed by atoms with Crippen LogP contribution in [0.3, 0.4) is 0 Å². The summed E-state index contributed by atoms with van der Waals surface area (Å²) in [4.78, 5) is 4.53. The molecule has 0 unspecified atom stereocenters. The Morgan fingerprint density at radius 3 is 2.27 bits per heavy atom. The zero-order chi connectivity index (χ0) is 11.2. The minimum absolute atomic E-state index is 0.394. The molecule has 0 fully saturated rings. The molecule has 0 saturated carbocycles. The predicted octanol–water partition coefficient (Wildman–Crippen LogP) is 3.17.